The number of nitrogens with one attached hydrogen (secondary N) is 2. The zero-order chi connectivity index (χ0) is 13.6. The molecule has 1 aromatic rings. The predicted molar refractivity (Wildman–Crippen MR) is 65.5 cm³/mol. The number of thiazole rings is 1. The first-order valence-electron chi connectivity index (χ1n) is 5.26. The van der Waals surface area contributed by atoms with E-state index in [4.69, 9.17) is 5.11 Å². The van der Waals surface area contributed by atoms with Gasteiger partial charge in [0.1, 0.15) is 0 Å². The molecule has 1 rings (SSSR count). The topological polar surface area (TPSA) is 112 Å². The average Bonchev–Trinajstić information content (AvgIpc) is 2.79. The number of rotatable bonds is 6. The van der Waals surface area contributed by atoms with E-state index in [1.165, 1.54) is 11.3 Å². The van der Waals surface area contributed by atoms with Crippen LogP contribution in [0.2, 0.25) is 0 Å². The van der Waals surface area contributed by atoms with Crippen LogP contribution < -0.4 is 10.6 Å². The van der Waals surface area contributed by atoms with Crippen LogP contribution >= 0.6 is 11.3 Å². The summed E-state index contributed by atoms with van der Waals surface area (Å²) in [6.07, 6.45) is 0.603. The zero-order valence-corrected chi connectivity index (χ0v) is 10.7. The van der Waals surface area contributed by atoms with E-state index in [1.807, 2.05) is 5.38 Å². The van der Waals surface area contributed by atoms with E-state index in [-0.39, 0.29) is 6.54 Å². The molecule has 0 aromatic carbocycles. The van der Waals surface area contributed by atoms with Gasteiger partial charge in [0.25, 0.3) is 0 Å². The fourth-order valence-corrected chi connectivity index (χ4v) is 1.65. The highest BCUT2D eigenvalue weighted by molar-refractivity contribution is 7.07. The summed E-state index contributed by atoms with van der Waals surface area (Å²) in [6, 6.07) is -0.522. The van der Waals surface area contributed by atoms with E-state index >= 15 is 0 Å². The molecule has 0 aliphatic heterocycles. The summed E-state index contributed by atoms with van der Waals surface area (Å²) in [7, 11) is 0. The van der Waals surface area contributed by atoms with E-state index in [9.17, 15) is 14.7 Å². The second kappa shape index (κ2) is 6.31. The molecule has 0 saturated carbocycles. The highest BCUT2D eigenvalue weighted by atomic mass is 32.1. The molecule has 7 nitrogen and oxygen atoms in total. The first-order chi connectivity index (χ1) is 8.42. The molecule has 4 N–H and O–H groups in total. The van der Waals surface area contributed by atoms with Gasteiger partial charge in [-0.3, -0.25) is 0 Å². The summed E-state index contributed by atoms with van der Waals surface area (Å²) in [5, 5.41) is 24.7. The second-order valence-electron chi connectivity index (χ2n) is 3.92. The van der Waals surface area contributed by atoms with Crippen LogP contribution in [0.4, 0.5) is 4.79 Å². The van der Waals surface area contributed by atoms with Gasteiger partial charge in [-0.25, -0.2) is 14.6 Å². The third-order valence-corrected chi connectivity index (χ3v) is 2.84. The van der Waals surface area contributed by atoms with Crippen LogP contribution in [0, 0.1) is 0 Å². The molecule has 100 valence electrons. The van der Waals surface area contributed by atoms with Crippen molar-refractivity contribution in [1.82, 2.24) is 15.6 Å². The third-order valence-electron chi connectivity index (χ3n) is 2.20. The van der Waals surface area contributed by atoms with Crippen LogP contribution in [-0.2, 0) is 11.2 Å². The van der Waals surface area contributed by atoms with Crippen molar-refractivity contribution in [3.8, 4) is 0 Å². The Morgan fingerprint density at radius 2 is 2.22 bits per heavy atom. The van der Waals surface area contributed by atoms with Crippen molar-refractivity contribution in [2.75, 3.05) is 13.1 Å². The number of aliphatic hydroxyl groups is 1. The Hall–Kier alpha value is -1.67. The minimum atomic E-state index is -1.97. The Balaban J connectivity index is 2.20. The van der Waals surface area contributed by atoms with Crippen molar-refractivity contribution in [3.05, 3.63) is 16.6 Å². The number of amides is 2. The lowest BCUT2D eigenvalue weighted by molar-refractivity contribution is -0.155. The molecule has 8 heteroatoms. The maximum Gasteiger partial charge on any atom is 0.337 e. The van der Waals surface area contributed by atoms with Gasteiger partial charge in [-0.05, 0) is 6.92 Å². The number of carbonyl (C=O) groups is 2. The highest BCUT2D eigenvalue weighted by Crippen LogP contribution is 2.01. The number of carbonyl (C=O) groups excluding carboxylic acids is 1. The van der Waals surface area contributed by atoms with Gasteiger partial charge in [-0.2, -0.15) is 0 Å². The quantitative estimate of drug-likeness (QED) is 0.574. The van der Waals surface area contributed by atoms with Gasteiger partial charge in [0.15, 0.2) is 5.60 Å². The summed E-state index contributed by atoms with van der Waals surface area (Å²) in [6.45, 7) is 1.15. The maximum atomic E-state index is 11.3. The molecule has 0 radical (unpaired) electrons. The lowest BCUT2D eigenvalue weighted by Crippen LogP contribution is -2.49. The van der Waals surface area contributed by atoms with E-state index in [1.54, 1.807) is 5.51 Å². The lowest BCUT2D eigenvalue weighted by Gasteiger charge is -2.18. The van der Waals surface area contributed by atoms with E-state index in [0.717, 1.165) is 12.6 Å². The van der Waals surface area contributed by atoms with E-state index in [0.29, 0.717) is 13.0 Å². The predicted octanol–water partition coefficient (Wildman–Crippen LogP) is -0.180. The summed E-state index contributed by atoms with van der Waals surface area (Å²) >= 11 is 1.48. The minimum absolute atomic E-state index is 0.356. The highest BCUT2D eigenvalue weighted by Gasteiger charge is 2.30. The van der Waals surface area contributed by atoms with Gasteiger partial charge >= 0.3 is 12.0 Å². The first kappa shape index (κ1) is 14.4. The van der Waals surface area contributed by atoms with Crippen molar-refractivity contribution < 1.29 is 19.8 Å². The van der Waals surface area contributed by atoms with E-state index < -0.39 is 17.6 Å². The van der Waals surface area contributed by atoms with Crippen LogP contribution in [0.15, 0.2) is 10.9 Å². The van der Waals surface area contributed by atoms with Crippen molar-refractivity contribution in [1.29, 1.82) is 0 Å². The van der Waals surface area contributed by atoms with Gasteiger partial charge in [0, 0.05) is 18.3 Å². The molecule has 0 spiro atoms. The molecule has 0 aliphatic carbocycles. The van der Waals surface area contributed by atoms with Crippen molar-refractivity contribution in [2.45, 2.75) is 18.9 Å². The van der Waals surface area contributed by atoms with Crippen LogP contribution in [0.1, 0.15) is 12.6 Å². The number of hydrogen-bond donors (Lipinski definition) is 4. The largest absolute Gasteiger partial charge is 0.479 e. The van der Waals surface area contributed by atoms with Crippen molar-refractivity contribution >= 4 is 23.3 Å². The van der Waals surface area contributed by atoms with Crippen molar-refractivity contribution in [3.63, 3.8) is 0 Å². The summed E-state index contributed by atoms with van der Waals surface area (Å²) < 4.78 is 0. The SMILES string of the molecule is CC(O)(CNC(=O)NCCc1cscn1)C(=O)O. The molecular weight excluding hydrogens is 258 g/mol. The number of hydrogen-bond acceptors (Lipinski definition) is 5. The summed E-state index contributed by atoms with van der Waals surface area (Å²) in [5.41, 5.74) is 0.629. The zero-order valence-electron chi connectivity index (χ0n) is 9.84. The summed E-state index contributed by atoms with van der Waals surface area (Å²) in [4.78, 5) is 25.9. The molecule has 1 aromatic heterocycles. The van der Waals surface area contributed by atoms with Crippen LogP contribution in [0.3, 0.4) is 0 Å². The molecule has 0 fully saturated rings. The molecule has 0 saturated heterocycles. The molecule has 18 heavy (non-hydrogen) atoms. The standard InChI is InChI=1S/C10H15N3O4S/c1-10(17,8(14)15)5-12-9(16)11-3-2-7-4-18-6-13-7/h4,6,17H,2-3,5H2,1H3,(H,14,15)(H2,11,12,16). The average molecular weight is 273 g/mol. The molecule has 0 aliphatic rings. The number of urea groups is 1. The van der Waals surface area contributed by atoms with Crippen LogP contribution in [-0.4, -0.2) is 45.9 Å². The number of aliphatic carboxylic acids is 1. The lowest BCUT2D eigenvalue weighted by atomic mass is 10.1. The first-order valence-corrected chi connectivity index (χ1v) is 6.20. The second-order valence-corrected chi connectivity index (χ2v) is 4.64. The molecule has 2 amide bonds. The van der Waals surface area contributed by atoms with Crippen LogP contribution in [0.5, 0.6) is 0 Å². The monoisotopic (exact) mass is 273 g/mol. The fraction of sp³-hybridized carbons (Fsp3) is 0.500. The molecule has 0 bridgehead atoms. The Morgan fingerprint density at radius 3 is 2.78 bits per heavy atom. The smallest absolute Gasteiger partial charge is 0.337 e. The number of carboxylic acids is 1. The normalized spacial score (nSPS) is 13.7. The van der Waals surface area contributed by atoms with E-state index in [2.05, 4.69) is 15.6 Å². The van der Waals surface area contributed by atoms with Gasteiger partial charge in [0.05, 0.1) is 17.7 Å². The van der Waals surface area contributed by atoms with Gasteiger partial charge in [0.2, 0.25) is 0 Å². The minimum Gasteiger partial charge on any atom is -0.479 e. The van der Waals surface area contributed by atoms with Gasteiger partial charge in [-0.15, -0.1) is 11.3 Å². The molecular formula is C10H15N3O4S. The molecule has 1 heterocycles. The third kappa shape index (κ3) is 4.68. The fourth-order valence-electron chi connectivity index (χ4n) is 1.06. The number of carboxylic acid groups (broad SMARTS) is 1. The Labute approximate surface area is 108 Å². The van der Waals surface area contributed by atoms with Gasteiger partial charge in [-0.1, -0.05) is 0 Å². The summed E-state index contributed by atoms with van der Waals surface area (Å²) in [5.74, 6) is -1.38. The van der Waals surface area contributed by atoms with Crippen molar-refractivity contribution in [2.24, 2.45) is 0 Å². The maximum absolute atomic E-state index is 11.3. The molecule has 1 unspecified atom stereocenters. The Bertz CT molecular complexity index is 405. The van der Waals surface area contributed by atoms with Crippen LogP contribution in [0.25, 0.3) is 0 Å². The Morgan fingerprint density at radius 1 is 1.50 bits per heavy atom. The van der Waals surface area contributed by atoms with Gasteiger partial charge < -0.3 is 20.8 Å². The number of aromatic nitrogens is 1. The Kier molecular flexibility index (Phi) is 5.05. The molecule has 1 atom stereocenters. The number of nitrogens with zero attached hydrogens (tertiary/aromatic N) is 1.